The monoisotopic (exact) mass is 257 g/mol. The van der Waals surface area contributed by atoms with Gasteiger partial charge >= 0.3 is 0 Å². The third-order valence-corrected chi connectivity index (χ3v) is 4.00. The largest absolute Gasteiger partial charge is 0.398 e. The van der Waals surface area contributed by atoms with Gasteiger partial charge < -0.3 is 5.73 Å². The van der Waals surface area contributed by atoms with Crippen LogP contribution in [0.15, 0.2) is 41.3 Å². The van der Waals surface area contributed by atoms with E-state index < -0.39 is 0 Å². The summed E-state index contributed by atoms with van der Waals surface area (Å²) in [6.45, 7) is 6.34. The molecule has 2 heteroatoms. The summed E-state index contributed by atoms with van der Waals surface area (Å²) in [6.07, 6.45) is 0. The minimum absolute atomic E-state index is 0.879. The first-order valence-electron chi connectivity index (χ1n) is 6.11. The molecular formula is C16H19NS. The summed E-state index contributed by atoms with van der Waals surface area (Å²) in [6, 6.07) is 12.9. The predicted octanol–water partition coefficient (Wildman–Crippen LogP) is 4.49. The first kappa shape index (κ1) is 13.0. The second-order valence-corrected chi connectivity index (χ2v) is 5.84. The highest BCUT2D eigenvalue weighted by molar-refractivity contribution is 7.98. The van der Waals surface area contributed by atoms with Crippen molar-refractivity contribution >= 4 is 17.4 Å². The van der Waals surface area contributed by atoms with Crippen LogP contribution in [0.4, 0.5) is 5.69 Å². The van der Waals surface area contributed by atoms with Crippen molar-refractivity contribution < 1.29 is 0 Å². The van der Waals surface area contributed by atoms with Gasteiger partial charge in [-0.25, -0.2) is 0 Å². The van der Waals surface area contributed by atoms with Crippen LogP contribution in [0.3, 0.4) is 0 Å². The molecule has 0 aliphatic carbocycles. The molecule has 0 spiro atoms. The normalized spacial score (nSPS) is 10.6. The minimum Gasteiger partial charge on any atom is -0.398 e. The van der Waals surface area contributed by atoms with Crippen LogP contribution in [0.25, 0.3) is 0 Å². The highest BCUT2D eigenvalue weighted by Gasteiger charge is 2.02. The lowest BCUT2D eigenvalue weighted by molar-refractivity contribution is 1.29. The molecule has 0 amide bonds. The van der Waals surface area contributed by atoms with E-state index in [-0.39, 0.29) is 0 Å². The van der Waals surface area contributed by atoms with E-state index in [0.717, 1.165) is 11.4 Å². The van der Waals surface area contributed by atoms with Gasteiger partial charge in [-0.3, -0.25) is 0 Å². The SMILES string of the molecule is Cc1cc(C)cc(CSc2ccc(C)cc2N)c1. The number of nitrogens with two attached hydrogens (primary N) is 1. The van der Waals surface area contributed by atoms with Crippen LogP contribution in [0.2, 0.25) is 0 Å². The van der Waals surface area contributed by atoms with Crippen LogP contribution in [0, 0.1) is 20.8 Å². The van der Waals surface area contributed by atoms with Crippen molar-refractivity contribution in [3.63, 3.8) is 0 Å². The van der Waals surface area contributed by atoms with E-state index in [0.29, 0.717) is 0 Å². The van der Waals surface area contributed by atoms with Crippen LogP contribution in [-0.2, 0) is 5.75 Å². The summed E-state index contributed by atoms with van der Waals surface area (Å²) in [5.41, 5.74) is 12.1. The van der Waals surface area contributed by atoms with Crippen molar-refractivity contribution in [2.24, 2.45) is 0 Å². The van der Waals surface area contributed by atoms with Crippen LogP contribution < -0.4 is 5.73 Å². The first-order chi connectivity index (χ1) is 8.54. The Kier molecular flexibility index (Phi) is 3.97. The van der Waals surface area contributed by atoms with Gasteiger partial charge in [0.2, 0.25) is 0 Å². The Morgan fingerprint density at radius 2 is 1.56 bits per heavy atom. The Bertz CT molecular complexity index is 541. The number of rotatable bonds is 3. The third kappa shape index (κ3) is 3.30. The van der Waals surface area contributed by atoms with Crippen LogP contribution in [0.5, 0.6) is 0 Å². The van der Waals surface area contributed by atoms with Crippen molar-refractivity contribution in [1.29, 1.82) is 0 Å². The highest BCUT2D eigenvalue weighted by atomic mass is 32.2. The van der Waals surface area contributed by atoms with E-state index in [2.05, 4.69) is 51.1 Å². The van der Waals surface area contributed by atoms with Gasteiger partial charge in [0.1, 0.15) is 0 Å². The molecule has 2 rings (SSSR count). The molecule has 2 aromatic rings. The third-order valence-electron chi connectivity index (χ3n) is 2.84. The number of nitrogen functional groups attached to an aromatic ring is 1. The molecule has 0 radical (unpaired) electrons. The molecule has 0 aromatic heterocycles. The molecule has 0 fully saturated rings. The van der Waals surface area contributed by atoms with E-state index in [1.165, 1.54) is 27.1 Å². The van der Waals surface area contributed by atoms with E-state index in [1.807, 2.05) is 6.07 Å². The predicted molar refractivity (Wildman–Crippen MR) is 81.1 cm³/mol. The molecule has 2 N–H and O–H groups in total. The standard InChI is InChI=1S/C16H19NS/c1-11-4-5-16(15(17)9-11)18-10-14-7-12(2)6-13(3)8-14/h4-9H,10,17H2,1-3H3. The topological polar surface area (TPSA) is 26.0 Å². The number of thioether (sulfide) groups is 1. The zero-order chi connectivity index (χ0) is 13.1. The molecule has 18 heavy (non-hydrogen) atoms. The van der Waals surface area contributed by atoms with Gasteiger partial charge in [0.05, 0.1) is 0 Å². The Labute approximate surface area is 113 Å². The van der Waals surface area contributed by atoms with Crippen LogP contribution >= 0.6 is 11.8 Å². The Balaban J connectivity index is 2.11. The van der Waals surface area contributed by atoms with Gasteiger partial charge in [-0.05, 0) is 44.0 Å². The second kappa shape index (κ2) is 5.49. The van der Waals surface area contributed by atoms with Crippen molar-refractivity contribution in [1.82, 2.24) is 0 Å². The molecule has 0 atom stereocenters. The van der Waals surface area contributed by atoms with Gasteiger partial charge in [0, 0.05) is 16.3 Å². The van der Waals surface area contributed by atoms with E-state index in [9.17, 15) is 0 Å². The molecule has 2 aromatic carbocycles. The fourth-order valence-electron chi connectivity index (χ4n) is 2.11. The summed E-state index contributed by atoms with van der Waals surface area (Å²) in [7, 11) is 0. The lowest BCUT2D eigenvalue weighted by Gasteiger charge is -2.08. The number of benzene rings is 2. The lowest BCUT2D eigenvalue weighted by atomic mass is 10.1. The molecule has 0 bridgehead atoms. The number of hydrogen-bond acceptors (Lipinski definition) is 2. The molecule has 1 nitrogen and oxygen atoms in total. The maximum absolute atomic E-state index is 6.02. The Hall–Kier alpha value is -1.41. The summed E-state index contributed by atoms with van der Waals surface area (Å²) in [5.74, 6) is 0.968. The number of aryl methyl sites for hydroxylation is 3. The van der Waals surface area contributed by atoms with E-state index in [1.54, 1.807) is 11.8 Å². The zero-order valence-corrected chi connectivity index (χ0v) is 12.0. The highest BCUT2D eigenvalue weighted by Crippen LogP contribution is 2.29. The maximum atomic E-state index is 6.02. The second-order valence-electron chi connectivity index (χ2n) is 4.83. The number of anilines is 1. The first-order valence-corrected chi connectivity index (χ1v) is 7.09. The van der Waals surface area contributed by atoms with Crippen molar-refractivity contribution in [3.8, 4) is 0 Å². The maximum Gasteiger partial charge on any atom is 0.0454 e. The molecular weight excluding hydrogens is 238 g/mol. The van der Waals surface area contributed by atoms with E-state index >= 15 is 0 Å². The summed E-state index contributed by atoms with van der Waals surface area (Å²) in [4.78, 5) is 1.17. The summed E-state index contributed by atoms with van der Waals surface area (Å²) in [5, 5.41) is 0. The van der Waals surface area contributed by atoms with Gasteiger partial charge in [0.25, 0.3) is 0 Å². The fraction of sp³-hybridized carbons (Fsp3) is 0.250. The molecule has 0 unspecified atom stereocenters. The molecule has 94 valence electrons. The van der Waals surface area contributed by atoms with Crippen molar-refractivity contribution in [2.45, 2.75) is 31.4 Å². The van der Waals surface area contributed by atoms with E-state index in [4.69, 9.17) is 5.73 Å². The average molecular weight is 257 g/mol. The van der Waals surface area contributed by atoms with Crippen LogP contribution in [0.1, 0.15) is 22.3 Å². The van der Waals surface area contributed by atoms with Crippen molar-refractivity contribution in [3.05, 3.63) is 58.7 Å². The lowest BCUT2D eigenvalue weighted by Crippen LogP contribution is -1.90. The smallest absolute Gasteiger partial charge is 0.0454 e. The molecule has 0 saturated carbocycles. The van der Waals surface area contributed by atoms with Crippen molar-refractivity contribution in [2.75, 3.05) is 5.73 Å². The summed E-state index contributed by atoms with van der Waals surface area (Å²) >= 11 is 1.80. The number of hydrogen-bond donors (Lipinski definition) is 1. The average Bonchev–Trinajstić information content (AvgIpc) is 2.26. The molecule has 0 aliphatic rings. The Morgan fingerprint density at radius 3 is 2.17 bits per heavy atom. The summed E-state index contributed by atoms with van der Waals surface area (Å²) < 4.78 is 0. The van der Waals surface area contributed by atoms with Gasteiger partial charge in [-0.1, -0.05) is 35.4 Å². The molecule has 0 aliphatic heterocycles. The quantitative estimate of drug-likeness (QED) is 0.648. The minimum atomic E-state index is 0.879. The molecule has 0 saturated heterocycles. The van der Waals surface area contributed by atoms with Gasteiger partial charge in [0.15, 0.2) is 0 Å². The molecule has 0 heterocycles. The van der Waals surface area contributed by atoms with Gasteiger partial charge in [-0.2, -0.15) is 0 Å². The fourth-order valence-corrected chi connectivity index (χ4v) is 2.99. The Morgan fingerprint density at radius 1 is 0.889 bits per heavy atom. The van der Waals surface area contributed by atoms with Crippen LogP contribution in [-0.4, -0.2) is 0 Å². The van der Waals surface area contributed by atoms with Gasteiger partial charge in [-0.15, -0.1) is 11.8 Å². The zero-order valence-electron chi connectivity index (χ0n) is 11.2.